The number of amides is 1. The third-order valence-electron chi connectivity index (χ3n) is 6.12. The highest BCUT2D eigenvalue weighted by Gasteiger charge is 2.46. The Bertz CT molecular complexity index is 1370. The Morgan fingerprint density at radius 2 is 1.78 bits per heavy atom. The topological polar surface area (TPSA) is 96.3 Å². The predicted octanol–water partition coefficient (Wildman–Crippen LogP) is 5.37. The van der Waals surface area contributed by atoms with Gasteiger partial charge >= 0.3 is 0 Å². The molecule has 7 nitrogen and oxygen atoms in total. The number of likely N-dealkylation sites (tertiary alicyclic amines) is 1. The molecule has 1 atom stereocenters. The summed E-state index contributed by atoms with van der Waals surface area (Å²) in [6, 6.07) is 14.3. The molecule has 1 saturated heterocycles. The lowest BCUT2D eigenvalue weighted by molar-refractivity contribution is -0.139. The van der Waals surface area contributed by atoms with Crippen molar-refractivity contribution in [3.8, 4) is 17.2 Å². The fraction of sp³-hybridized carbons (Fsp3) is 0.214. The van der Waals surface area contributed by atoms with Crippen molar-refractivity contribution in [3.05, 3.63) is 93.2 Å². The molecule has 1 amide bonds. The molecule has 0 aromatic heterocycles. The summed E-state index contributed by atoms with van der Waals surface area (Å²) < 4.78 is 24.7. The zero-order chi connectivity index (χ0) is 26.7. The Morgan fingerprint density at radius 1 is 1.05 bits per heavy atom. The van der Waals surface area contributed by atoms with Crippen LogP contribution in [0.15, 0.2) is 70.7 Å². The van der Waals surface area contributed by atoms with Gasteiger partial charge in [-0.2, -0.15) is 0 Å². The van der Waals surface area contributed by atoms with Crippen LogP contribution in [0.3, 0.4) is 0 Å². The Labute approximate surface area is 221 Å². The van der Waals surface area contributed by atoms with Crippen molar-refractivity contribution < 1.29 is 33.7 Å². The average Bonchev–Trinajstić information content (AvgIpc) is 3.14. The summed E-state index contributed by atoms with van der Waals surface area (Å²) in [6.45, 7) is 2.19. The molecule has 1 aliphatic heterocycles. The number of carbonyl (C=O) groups is 2. The van der Waals surface area contributed by atoms with Crippen LogP contribution in [-0.4, -0.2) is 47.1 Å². The lowest BCUT2D eigenvalue weighted by atomic mass is 9.94. The zero-order valence-corrected chi connectivity index (χ0v) is 21.8. The summed E-state index contributed by atoms with van der Waals surface area (Å²) in [7, 11) is 1.51. The van der Waals surface area contributed by atoms with Crippen molar-refractivity contribution in [1.82, 2.24) is 4.90 Å². The molecule has 9 heteroatoms. The van der Waals surface area contributed by atoms with Gasteiger partial charge in [-0.15, -0.1) is 0 Å². The SMILES string of the molecule is CCOc1cc(C2/C(=C(/O)c3ccc(OC)c(Br)c3)C(=O)C(=O)N2CCc2ccc(F)cc2)ccc1O. The van der Waals surface area contributed by atoms with Gasteiger partial charge in [0.15, 0.2) is 11.5 Å². The van der Waals surface area contributed by atoms with Crippen LogP contribution in [0.25, 0.3) is 5.76 Å². The van der Waals surface area contributed by atoms with Crippen molar-refractivity contribution in [2.24, 2.45) is 0 Å². The number of aliphatic hydroxyl groups excluding tert-OH is 1. The lowest BCUT2D eigenvalue weighted by Crippen LogP contribution is -2.31. The van der Waals surface area contributed by atoms with E-state index >= 15 is 0 Å². The summed E-state index contributed by atoms with van der Waals surface area (Å²) in [5.41, 5.74) is 1.49. The lowest BCUT2D eigenvalue weighted by Gasteiger charge is -2.26. The van der Waals surface area contributed by atoms with E-state index in [1.54, 1.807) is 49.4 Å². The molecule has 0 saturated carbocycles. The van der Waals surface area contributed by atoms with Crippen LogP contribution in [0.4, 0.5) is 4.39 Å². The molecule has 0 bridgehead atoms. The van der Waals surface area contributed by atoms with Crippen molar-refractivity contribution in [1.29, 1.82) is 0 Å². The van der Waals surface area contributed by atoms with Crippen molar-refractivity contribution in [2.75, 3.05) is 20.3 Å². The average molecular weight is 570 g/mol. The number of hydrogen-bond acceptors (Lipinski definition) is 6. The van der Waals surface area contributed by atoms with Gasteiger partial charge in [0.25, 0.3) is 11.7 Å². The first-order valence-electron chi connectivity index (χ1n) is 11.6. The largest absolute Gasteiger partial charge is 0.507 e. The highest BCUT2D eigenvalue weighted by Crippen LogP contribution is 2.42. The number of rotatable bonds is 8. The van der Waals surface area contributed by atoms with Gasteiger partial charge in [-0.25, -0.2) is 4.39 Å². The number of hydrogen-bond donors (Lipinski definition) is 2. The quantitative estimate of drug-likeness (QED) is 0.215. The number of carbonyl (C=O) groups excluding carboxylic acids is 2. The van der Waals surface area contributed by atoms with Gasteiger partial charge in [-0.3, -0.25) is 9.59 Å². The molecule has 2 N–H and O–H groups in total. The van der Waals surface area contributed by atoms with E-state index in [0.29, 0.717) is 34.4 Å². The molecule has 0 radical (unpaired) electrons. The minimum Gasteiger partial charge on any atom is -0.507 e. The maximum atomic E-state index is 13.3. The number of ketones is 1. The van der Waals surface area contributed by atoms with Gasteiger partial charge < -0.3 is 24.6 Å². The summed E-state index contributed by atoms with van der Waals surface area (Å²) >= 11 is 3.38. The number of Topliss-reactive ketones (excluding diaryl/α,β-unsaturated/α-hetero) is 1. The minimum atomic E-state index is -0.943. The van der Waals surface area contributed by atoms with Gasteiger partial charge in [0.1, 0.15) is 17.3 Å². The van der Waals surface area contributed by atoms with Gasteiger partial charge in [0, 0.05) is 12.1 Å². The van der Waals surface area contributed by atoms with Crippen molar-refractivity contribution in [2.45, 2.75) is 19.4 Å². The number of halogens is 2. The standard InChI is InChI=1S/C28H25BrFNO6/c1-3-37-23-15-17(6-10-21(23)32)25-24(26(33)18-7-11-22(36-2)20(29)14-18)27(34)28(35)31(25)13-12-16-4-8-19(30)9-5-16/h4-11,14-15,25,32-33H,3,12-13H2,1-2H3/b26-24-. The Kier molecular flexibility index (Phi) is 7.83. The van der Waals surface area contributed by atoms with Crippen LogP contribution in [-0.2, 0) is 16.0 Å². The van der Waals surface area contributed by atoms with Gasteiger partial charge in [0.05, 0.1) is 29.8 Å². The van der Waals surface area contributed by atoms with Gasteiger partial charge in [0.2, 0.25) is 0 Å². The van der Waals surface area contributed by atoms with E-state index in [4.69, 9.17) is 9.47 Å². The third kappa shape index (κ3) is 5.32. The number of phenols is 1. The number of benzene rings is 3. The number of ether oxygens (including phenoxy) is 2. The third-order valence-corrected chi connectivity index (χ3v) is 6.74. The van der Waals surface area contributed by atoms with E-state index in [2.05, 4.69) is 15.9 Å². The first-order chi connectivity index (χ1) is 17.7. The number of aromatic hydroxyl groups is 1. The van der Waals surface area contributed by atoms with E-state index in [1.807, 2.05) is 0 Å². The molecule has 0 spiro atoms. The fourth-order valence-corrected chi connectivity index (χ4v) is 4.84. The number of nitrogens with zero attached hydrogens (tertiary/aromatic N) is 1. The molecule has 1 fully saturated rings. The first kappa shape index (κ1) is 26.2. The Hall–Kier alpha value is -3.85. The summed E-state index contributed by atoms with van der Waals surface area (Å²) in [6.07, 6.45) is 0.355. The van der Waals surface area contributed by atoms with Crippen LogP contribution in [0, 0.1) is 5.82 Å². The first-order valence-corrected chi connectivity index (χ1v) is 12.4. The maximum absolute atomic E-state index is 13.3. The van der Waals surface area contributed by atoms with Gasteiger partial charge in [-0.1, -0.05) is 18.2 Å². The van der Waals surface area contributed by atoms with E-state index in [0.717, 1.165) is 5.56 Å². The molecular formula is C28H25BrFNO6. The normalized spacial score (nSPS) is 16.8. The molecule has 3 aromatic rings. The van der Waals surface area contributed by atoms with E-state index in [1.165, 1.54) is 30.2 Å². The highest BCUT2D eigenvalue weighted by molar-refractivity contribution is 9.10. The summed E-state index contributed by atoms with van der Waals surface area (Å²) in [4.78, 5) is 27.9. The summed E-state index contributed by atoms with van der Waals surface area (Å²) in [5, 5.41) is 21.5. The van der Waals surface area contributed by atoms with Crippen LogP contribution >= 0.6 is 15.9 Å². The fourth-order valence-electron chi connectivity index (χ4n) is 4.30. The second-order valence-electron chi connectivity index (χ2n) is 8.38. The highest BCUT2D eigenvalue weighted by atomic mass is 79.9. The van der Waals surface area contributed by atoms with Crippen LogP contribution < -0.4 is 9.47 Å². The van der Waals surface area contributed by atoms with Gasteiger partial charge in [-0.05, 0) is 82.9 Å². The van der Waals surface area contributed by atoms with Crippen LogP contribution in [0.5, 0.6) is 17.2 Å². The van der Waals surface area contributed by atoms with E-state index in [-0.39, 0.29) is 35.2 Å². The van der Waals surface area contributed by atoms with Crippen molar-refractivity contribution in [3.63, 3.8) is 0 Å². The monoisotopic (exact) mass is 569 g/mol. The summed E-state index contributed by atoms with van der Waals surface area (Å²) in [5.74, 6) is -1.69. The zero-order valence-electron chi connectivity index (χ0n) is 20.2. The Morgan fingerprint density at radius 3 is 2.43 bits per heavy atom. The molecule has 3 aromatic carbocycles. The molecule has 192 valence electrons. The van der Waals surface area contributed by atoms with Crippen LogP contribution in [0.1, 0.15) is 29.7 Å². The molecular weight excluding hydrogens is 545 g/mol. The molecule has 1 unspecified atom stereocenters. The second-order valence-corrected chi connectivity index (χ2v) is 9.23. The van der Waals surface area contributed by atoms with Crippen molar-refractivity contribution >= 4 is 33.4 Å². The number of phenolic OH excluding ortho intramolecular Hbond substituents is 1. The second kappa shape index (κ2) is 11.0. The molecule has 4 rings (SSSR count). The molecule has 37 heavy (non-hydrogen) atoms. The van der Waals surface area contributed by atoms with E-state index < -0.39 is 17.7 Å². The number of methoxy groups -OCH3 is 1. The minimum absolute atomic E-state index is 0.0886. The smallest absolute Gasteiger partial charge is 0.295 e. The molecule has 0 aliphatic carbocycles. The van der Waals surface area contributed by atoms with Crippen LogP contribution in [0.2, 0.25) is 0 Å². The van der Waals surface area contributed by atoms with E-state index in [9.17, 15) is 24.2 Å². The number of aliphatic hydroxyl groups is 1. The molecule has 1 heterocycles. The molecule has 1 aliphatic rings. The Balaban J connectivity index is 1.82. The predicted molar refractivity (Wildman–Crippen MR) is 139 cm³/mol. The maximum Gasteiger partial charge on any atom is 0.295 e.